The van der Waals surface area contributed by atoms with E-state index in [1.54, 1.807) is 10.9 Å². The van der Waals surface area contributed by atoms with Crippen LogP contribution in [0.25, 0.3) is 0 Å². The molecular weight excluding hydrogens is 287 g/mol. The van der Waals surface area contributed by atoms with Crippen molar-refractivity contribution in [2.24, 2.45) is 0 Å². The lowest BCUT2D eigenvalue weighted by Crippen LogP contribution is -2.41. The van der Waals surface area contributed by atoms with Crippen molar-refractivity contribution in [3.63, 3.8) is 0 Å². The number of rotatable bonds is 5. The molecule has 1 saturated heterocycles. The second-order valence-electron chi connectivity index (χ2n) is 4.46. The van der Waals surface area contributed by atoms with Gasteiger partial charge in [0.2, 0.25) is 5.91 Å². The SMILES string of the molecule is CNCC1CCCN1C(=O)CCn1cccn1.Cl.Cl. The smallest absolute Gasteiger partial charge is 0.224 e. The standard InChI is InChI=1S/C12H20N4O.2ClH/c1-13-10-11-4-2-8-16(11)12(17)5-9-15-7-3-6-14-15;;/h3,6-7,11,13H,2,4-5,8-10H2,1H3;2*1H. The summed E-state index contributed by atoms with van der Waals surface area (Å²) in [5.41, 5.74) is 0. The minimum atomic E-state index is 0. The molecule has 0 bridgehead atoms. The van der Waals surface area contributed by atoms with Crippen LogP contribution in [-0.2, 0) is 11.3 Å². The van der Waals surface area contributed by atoms with Gasteiger partial charge in [-0.25, -0.2) is 0 Å². The molecule has 1 aromatic heterocycles. The summed E-state index contributed by atoms with van der Waals surface area (Å²) in [6.45, 7) is 2.48. The van der Waals surface area contributed by atoms with E-state index in [0.29, 0.717) is 19.0 Å². The fraction of sp³-hybridized carbons (Fsp3) is 0.667. The fourth-order valence-electron chi connectivity index (χ4n) is 2.40. The number of carbonyl (C=O) groups is 1. The Balaban J connectivity index is 0.00000162. The predicted octanol–water partition coefficient (Wildman–Crippen LogP) is 1.33. The minimum Gasteiger partial charge on any atom is -0.338 e. The summed E-state index contributed by atoms with van der Waals surface area (Å²) in [6, 6.07) is 2.26. The second-order valence-corrected chi connectivity index (χ2v) is 4.46. The summed E-state index contributed by atoms with van der Waals surface area (Å²) >= 11 is 0. The van der Waals surface area contributed by atoms with Crippen molar-refractivity contribution in [2.75, 3.05) is 20.1 Å². The second kappa shape index (κ2) is 9.18. The van der Waals surface area contributed by atoms with E-state index in [4.69, 9.17) is 0 Å². The number of halogens is 2. The molecule has 0 radical (unpaired) electrons. The van der Waals surface area contributed by atoms with Gasteiger partial charge in [0.05, 0.1) is 0 Å². The van der Waals surface area contributed by atoms with Crippen LogP contribution in [0.1, 0.15) is 19.3 Å². The highest BCUT2D eigenvalue weighted by Gasteiger charge is 2.27. The molecular formula is C12H22Cl2N4O. The Morgan fingerprint density at radius 2 is 2.26 bits per heavy atom. The number of likely N-dealkylation sites (N-methyl/N-ethyl adjacent to an activating group) is 1. The van der Waals surface area contributed by atoms with Gasteiger partial charge in [0.15, 0.2) is 0 Å². The molecule has 1 amide bonds. The third kappa shape index (κ3) is 5.01. The molecule has 1 aliphatic rings. The molecule has 1 aromatic rings. The Kier molecular flexibility index (Phi) is 8.80. The fourth-order valence-corrected chi connectivity index (χ4v) is 2.40. The van der Waals surface area contributed by atoms with Gasteiger partial charge in [-0.1, -0.05) is 0 Å². The number of nitrogens with one attached hydrogen (secondary N) is 1. The molecule has 1 fully saturated rings. The van der Waals surface area contributed by atoms with Crippen LogP contribution in [0.4, 0.5) is 0 Å². The Labute approximate surface area is 126 Å². The van der Waals surface area contributed by atoms with E-state index in [2.05, 4.69) is 10.4 Å². The molecule has 0 aliphatic carbocycles. The first-order valence-corrected chi connectivity index (χ1v) is 6.23. The Morgan fingerprint density at radius 3 is 2.89 bits per heavy atom. The van der Waals surface area contributed by atoms with E-state index in [9.17, 15) is 4.79 Å². The van der Waals surface area contributed by atoms with E-state index in [1.807, 2.05) is 24.2 Å². The molecule has 2 rings (SSSR count). The number of hydrogen-bond acceptors (Lipinski definition) is 3. The average molecular weight is 309 g/mol. The van der Waals surface area contributed by atoms with E-state index in [-0.39, 0.29) is 30.7 Å². The van der Waals surface area contributed by atoms with Crippen LogP contribution in [-0.4, -0.2) is 46.8 Å². The molecule has 0 aromatic carbocycles. The largest absolute Gasteiger partial charge is 0.338 e. The number of likely N-dealkylation sites (tertiary alicyclic amines) is 1. The van der Waals surface area contributed by atoms with Crippen molar-refractivity contribution >= 4 is 30.7 Å². The van der Waals surface area contributed by atoms with Crippen LogP contribution in [0.2, 0.25) is 0 Å². The van der Waals surface area contributed by atoms with Gasteiger partial charge in [0, 0.05) is 44.5 Å². The van der Waals surface area contributed by atoms with E-state index >= 15 is 0 Å². The van der Waals surface area contributed by atoms with Gasteiger partial charge in [-0.3, -0.25) is 9.48 Å². The van der Waals surface area contributed by atoms with Gasteiger partial charge in [0.1, 0.15) is 0 Å². The van der Waals surface area contributed by atoms with Crippen LogP contribution in [0.15, 0.2) is 18.5 Å². The normalized spacial score (nSPS) is 17.7. The first-order chi connectivity index (χ1) is 8.31. The Bertz CT molecular complexity index is 359. The van der Waals surface area contributed by atoms with Crippen molar-refractivity contribution in [3.8, 4) is 0 Å². The number of hydrogen-bond donors (Lipinski definition) is 1. The molecule has 0 saturated carbocycles. The number of amides is 1. The monoisotopic (exact) mass is 308 g/mol. The van der Waals surface area contributed by atoms with Gasteiger partial charge >= 0.3 is 0 Å². The Morgan fingerprint density at radius 1 is 1.47 bits per heavy atom. The third-order valence-corrected chi connectivity index (χ3v) is 3.25. The predicted molar refractivity (Wildman–Crippen MR) is 80.0 cm³/mol. The van der Waals surface area contributed by atoms with Crippen molar-refractivity contribution < 1.29 is 4.79 Å². The van der Waals surface area contributed by atoms with Crippen molar-refractivity contribution in [3.05, 3.63) is 18.5 Å². The number of aromatic nitrogens is 2. The molecule has 19 heavy (non-hydrogen) atoms. The van der Waals surface area contributed by atoms with Gasteiger partial charge in [-0.2, -0.15) is 5.10 Å². The zero-order valence-corrected chi connectivity index (χ0v) is 12.8. The lowest BCUT2D eigenvalue weighted by atomic mass is 10.2. The zero-order valence-electron chi connectivity index (χ0n) is 11.1. The molecule has 0 spiro atoms. The van der Waals surface area contributed by atoms with Gasteiger partial charge < -0.3 is 10.2 Å². The lowest BCUT2D eigenvalue weighted by molar-refractivity contribution is -0.132. The van der Waals surface area contributed by atoms with Crippen molar-refractivity contribution in [2.45, 2.75) is 31.8 Å². The summed E-state index contributed by atoms with van der Waals surface area (Å²) < 4.78 is 1.81. The maximum Gasteiger partial charge on any atom is 0.224 e. The quantitative estimate of drug-likeness (QED) is 0.893. The van der Waals surface area contributed by atoms with Crippen LogP contribution < -0.4 is 5.32 Å². The Hall–Kier alpha value is -0.780. The lowest BCUT2D eigenvalue weighted by Gasteiger charge is -2.24. The molecule has 1 atom stereocenters. The van der Waals surface area contributed by atoms with Crippen LogP contribution in [0.3, 0.4) is 0 Å². The van der Waals surface area contributed by atoms with Gasteiger partial charge in [0.25, 0.3) is 0 Å². The summed E-state index contributed by atoms with van der Waals surface area (Å²) in [5, 5.41) is 7.26. The number of nitrogens with zero attached hydrogens (tertiary/aromatic N) is 3. The van der Waals surface area contributed by atoms with Crippen molar-refractivity contribution in [1.29, 1.82) is 0 Å². The highest BCUT2D eigenvalue weighted by molar-refractivity contribution is 5.85. The van der Waals surface area contributed by atoms with E-state index in [1.165, 1.54) is 0 Å². The van der Waals surface area contributed by atoms with Crippen LogP contribution in [0, 0.1) is 0 Å². The molecule has 1 aliphatic heterocycles. The highest BCUT2D eigenvalue weighted by Crippen LogP contribution is 2.17. The zero-order chi connectivity index (χ0) is 12.1. The molecule has 2 heterocycles. The molecule has 1 N–H and O–H groups in total. The number of carbonyl (C=O) groups excluding carboxylic acids is 1. The summed E-state index contributed by atoms with van der Waals surface area (Å²) in [6.07, 6.45) is 6.42. The maximum atomic E-state index is 12.1. The van der Waals surface area contributed by atoms with Crippen LogP contribution in [0.5, 0.6) is 0 Å². The topological polar surface area (TPSA) is 50.2 Å². The molecule has 1 unspecified atom stereocenters. The third-order valence-electron chi connectivity index (χ3n) is 3.25. The van der Waals surface area contributed by atoms with Crippen molar-refractivity contribution in [1.82, 2.24) is 20.0 Å². The molecule has 7 heteroatoms. The van der Waals surface area contributed by atoms with E-state index < -0.39 is 0 Å². The van der Waals surface area contributed by atoms with E-state index in [0.717, 1.165) is 25.9 Å². The summed E-state index contributed by atoms with van der Waals surface area (Å²) in [7, 11) is 1.94. The van der Waals surface area contributed by atoms with Crippen LogP contribution >= 0.6 is 24.8 Å². The van der Waals surface area contributed by atoms with Gasteiger partial charge in [-0.15, -0.1) is 24.8 Å². The van der Waals surface area contributed by atoms with Gasteiger partial charge in [-0.05, 0) is 26.0 Å². The summed E-state index contributed by atoms with van der Waals surface area (Å²) in [5.74, 6) is 0.248. The molecule has 5 nitrogen and oxygen atoms in total. The molecule has 110 valence electrons. The summed E-state index contributed by atoms with van der Waals surface area (Å²) in [4.78, 5) is 14.1. The average Bonchev–Trinajstić information content (AvgIpc) is 2.97. The number of aryl methyl sites for hydroxylation is 1. The minimum absolute atomic E-state index is 0. The first-order valence-electron chi connectivity index (χ1n) is 6.23. The maximum absolute atomic E-state index is 12.1. The highest BCUT2D eigenvalue weighted by atomic mass is 35.5. The first kappa shape index (κ1) is 18.2.